The lowest BCUT2D eigenvalue weighted by molar-refractivity contribution is 0.103. The molecule has 1 aromatic carbocycles. The van der Waals surface area contributed by atoms with Crippen LogP contribution in [0.3, 0.4) is 0 Å². The molecule has 0 atom stereocenters. The molecule has 0 aliphatic rings. The van der Waals surface area contributed by atoms with Gasteiger partial charge in [0, 0.05) is 6.20 Å². The number of benzene rings is 1. The summed E-state index contributed by atoms with van der Waals surface area (Å²) in [6.45, 7) is 1.64. The molecule has 0 amide bonds. The maximum absolute atomic E-state index is 13.6. The highest BCUT2D eigenvalue weighted by Crippen LogP contribution is 2.15. The zero-order valence-corrected chi connectivity index (χ0v) is 8.25. The van der Waals surface area contributed by atoms with Gasteiger partial charge >= 0.3 is 0 Å². The minimum atomic E-state index is -0.447. The van der Waals surface area contributed by atoms with Gasteiger partial charge in [-0.1, -0.05) is 12.1 Å². The van der Waals surface area contributed by atoms with E-state index in [9.17, 15) is 9.18 Å². The van der Waals surface area contributed by atoms with Gasteiger partial charge in [-0.25, -0.2) is 4.39 Å². The second-order valence-electron chi connectivity index (χ2n) is 3.35. The number of aryl methyl sites for hydroxylation is 1. The molecule has 0 saturated carbocycles. The summed E-state index contributed by atoms with van der Waals surface area (Å²) < 4.78 is 13.6. The molecular formula is C12H10FNO. The van der Waals surface area contributed by atoms with Gasteiger partial charge in [0.05, 0.1) is 11.3 Å². The van der Waals surface area contributed by atoms with Crippen molar-refractivity contribution >= 4 is 5.78 Å². The summed E-state index contributed by atoms with van der Waals surface area (Å²) in [6, 6.07) is 8.14. The zero-order valence-electron chi connectivity index (χ0n) is 8.25. The molecule has 0 saturated heterocycles. The van der Waals surface area contributed by atoms with Crippen LogP contribution in [0.5, 0.6) is 0 Å². The molecule has 1 aromatic heterocycles. The van der Waals surface area contributed by atoms with Crippen molar-refractivity contribution in [3.8, 4) is 0 Å². The molecule has 2 aromatic rings. The van der Waals surface area contributed by atoms with Gasteiger partial charge in [0.25, 0.3) is 0 Å². The fraction of sp³-hybridized carbons (Fsp3) is 0.0833. The third-order valence-electron chi connectivity index (χ3n) is 2.28. The van der Waals surface area contributed by atoms with Crippen LogP contribution < -0.4 is 0 Å². The Hall–Kier alpha value is -1.90. The lowest BCUT2D eigenvalue weighted by atomic mass is 10.1. The molecule has 0 radical (unpaired) electrons. The van der Waals surface area contributed by atoms with Gasteiger partial charge in [-0.15, -0.1) is 0 Å². The van der Waals surface area contributed by atoms with Crippen molar-refractivity contribution in [3.63, 3.8) is 0 Å². The monoisotopic (exact) mass is 203 g/mol. The Morgan fingerprint density at radius 2 is 2.07 bits per heavy atom. The Morgan fingerprint density at radius 3 is 2.73 bits per heavy atom. The molecule has 0 bridgehead atoms. The first kappa shape index (κ1) is 9.65. The average Bonchev–Trinajstić information content (AvgIpc) is 2.74. The molecule has 76 valence electrons. The van der Waals surface area contributed by atoms with Crippen molar-refractivity contribution < 1.29 is 9.18 Å². The van der Waals surface area contributed by atoms with E-state index >= 15 is 0 Å². The van der Waals surface area contributed by atoms with Gasteiger partial charge in [0.2, 0.25) is 5.78 Å². The standard InChI is InChI=1S/C12H10FNO/c1-8-4-2-5-9(11(8)13)12(15)10-6-3-7-14-10/h2-7,14H,1H3. The molecule has 2 rings (SSSR count). The van der Waals surface area contributed by atoms with Crippen molar-refractivity contribution in [1.82, 2.24) is 4.98 Å². The van der Waals surface area contributed by atoms with E-state index in [1.165, 1.54) is 6.07 Å². The number of nitrogens with one attached hydrogen (secondary N) is 1. The van der Waals surface area contributed by atoms with Crippen molar-refractivity contribution in [2.24, 2.45) is 0 Å². The number of hydrogen-bond donors (Lipinski definition) is 1. The summed E-state index contributed by atoms with van der Waals surface area (Å²) in [4.78, 5) is 14.6. The number of aromatic amines is 1. The number of carbonyl (C=O) groups excluding carboxylic acids is 1. The first-order valence-corrected chi connectivity index (χ1v) is 4.63. The van der Waals surface area contributed by atoms with E-state index in [0.29, 0.717) is 11.3 Å². The lowest BCUT2D eigenvalue weighted by Gasteiger charge is -2.02. The normalized spacial score (nSPS) is 10.3. The number of halogens is 1. The Bertz CT molecular complexity index is 488. The first-order chi connectivity index (χ1) is 7.20. The number of aromatic nitrogens is 1. The third kappa shape index (κ3) is 1.68. The van der Waals surface area contributed by atoms with Crippen LogP contribution in [0.2, 0.25) is 0 Å². The fourth-order valence-corrected chi connectivity index (χ4v) is 1.44. The lowest BCUT2D eigenvalue weighted by Crippen LogP contribution is -2.05. The van der Waals surface area contributed by atoms with E-state index < -0.39 is 5.82 Å². The van der Waals surface area contributed by atoms with Crippen LogP contribution >= 0.6 is 0 Å². The van der Waals surface area contributed by atoms with E-state index in [1.807, 2.05) is 0 Å². The van der Waals surface area contributed by atoms with Gasteiger partial charge < -0.3 is 4.98 Å². The summed E-state index contributed by atoms with van der Waals surface area (Å²) in [5.41, 5.74) is 0.990. The van der Waals surface area contributed by atoms with Crippen molar-refractivity contribution in [3.05, 3.63) is 59.2 Å². The second kappa shape index (κ2) is 3.69. The molecule has 1 heterocycles. The van der Waals surface area contributed by atoms with Crippen LogP contribution in [0.1, 0.15) is 21.6 Å². The Labute approximate surface area is 86.8 Å². The highest BCUT2D eigenvalue weighted by Gasteiger charge is 2.15. The van der Waals surface area contributed by atoms with Crippen molar-refractivity contribution in [2.45, 2.75) is 6.92 Å². The van der Waals surface area contributed by atoms with Crippen molar-refractivity contribution in [1.29, 1.82) is 0 Å². The van der Waals surface area contributed by atoms with Gasteiger partial charge in [-0.3, -0.25) is 4.79 Å². The Morgan fingerprint density at radius 1 is 1.27 bits per heavy atom. The second-order valence-corrected chi connectivity index (χ2v) is 3.35. The summed E-state index contributed by atoms with van der Waals surface area (Å²) >= 11 is 0. The topological polar surface area (TPSA) is 32.9 Å². The summed E-state index contributed by atoms with van der Waals surface area (Å²) in [6.07, 6.45) is 1.64. The molecule has 1 N–H and O–H groups in total. The maximum atomic E-state index is 13.6. The Kier molecular flexibility index (Phi) is 2.37. The highest BCUT2D eigenvalue weighted by atomic mass is 19.1. The summed E-state index contributed by atoms with van der Waals surface area (Å²) in [5.74, 6) is -0.765. The molecule has 0 aliphatic heterocycles. The largest absolute Gasteiger partial charge is 0.359 e. The molecule has 3 heteroatoms. The van der Waals surface area contributed by atoms with E-state index in [-0.39, 0.29) is 11.3 Å². The SMILES string of the molecule is Cc1cccc(C(=O)c2ccc[nH]2)c1F. The smallest absolute Gasteiger partial charge is 0.212 e. The van der Waals surface area contributed by atoms with Crippen LogP contribution in [-0.4, -0.2) is 10.8 Å². The number of rotatable bonds is 2. The van der Waals surface area contributed by atoms with E-state index in [4.69, 9.17) is 0 Å². The van der Waals surface area contributed by atoms with Crippen LogP contribution in [-0.2, 0) is 0 Å². The van der Waals surface area contributed by atoms with Gasteiger partial charge in [0.1, 0.15) is 5.82 Å². The highest BCUT2D eigenvalue weighted by molar-refractivity contribution is 6.08. The quantitative estimate of drug-likeness (QED) is 0.748. The molecule has 0 aliphatic carbocycles. The number of hydrogen-bond acceptors (Lipinski definition) is 1. The minimum absolute atomic E-state index is 0.109. The maximum Gasteiger partial charge on any atom is 0.212 e. The predicted molar refractivity (Wildman–Crippen MR) is 55.4 cm³/mol. The predicted octanol–water partition coefficient (Wildman–Crippen LogP) is 2.69. The van der Waals surface area contributed by atoms with E-state index in [0.717, 1.165) is 0 Å². The average molecular weight is 203 g/mol. The Balaban J connectivity index is 2.47. The van der Waals surface area contributed by atoms with Crippen LogP contribution in [0.25, 0.3) is 0 Å². The number of ketones is 1. The molecule has 15 heavy (non-hydrogen) atoms. The molecule has 0 spiro atoms. The van der Waals surface area contributed by atoms with Gasteiger partial charge in [-0.2, -0.15) is 0 Å². The molecule has 2 nitrogen and oxygen atoms in total. The van der Waals surface area contributed by atoms with Crippen LogP contribution in [0.4, 0.5) is 4.39 Å². The van der Waals surface area contributed by atoms with E-state index in [1.54, 1.807) is 37.4 Å². The molecule has 0 fully saturated rings. The first-order valence-electron chi connectivity index (χ1n) is 4.63. The molecule has 0 unspecified atom stereocenters. The summed E-state index contributed by atoms with van der Waals surface area (Å²) in [5, 5.41) is 0. The minimum Gasteiger partial charge on any atom is -0.359 e. The van der Waals surface area contributed by atoms with Gasteiger partial charge in [0.15, 0.2) is 0 Å². The van der Waals surface area contributed by atoms with Crippen LogP contribution in [0.15, 0.2) is 36.5 Å². The number of H-pyrrole nitrogens is 1. The zero-order chi connectivity index (χ0) is 10.8. The summed E-state index contributed by atoms with van der Waals surface area (Å²) in [7, 11) is 0. The van der Waals surface area contributed by atoms with Crippen LogP contribution in [0, 0.1) is 12.7 Å². The van der Waals surface area contributed by atoms with Crippen molar-refractivity contribution in [2.75, 3.05) is 0 Å². The fourth-order valence-electron chi connectivity index (χ4n) is 1.44. The number of carbonyl (C=O) groups is 1. The molecular weight excluding hydrogens is 193 g/mol. The van der Waals surface area contributed by atoms with E-state index in [2.05, 4.69) is 4.98 Å². The van der Waals surface area contributed by atoms with Gasteiger partial charge in [-0.05, 0) is 30.7 Å². The third-order valence-corrected chi connectivity index (χ3v) is 2.28.